The molecular weight excluding hydrogens is 520 g/mol. The molecule has 0 fully saturated rings. The molecule has 0 saturated carbocycles. The van der Waals surface area contributed by atoms with Gasteiger partial charge in [-0.3, -0.25) is 0 Å². The van der Waals surface area contributed by atoms with Gasteiger partial charge in [0.05, 0.1) is 0 Å². The molecular formula is C42H30O. The van der Waals surface area contributed by atoms with Crippen molar-refractivity contribution >= 4 is 44.4 Å². The fourth-order valence-corrected chi connectivity index (χ4v) is 7.63. The highest BCUT2D eigenvalue weighted by atomic mass is 16.3. The molecule has 3 unspecified atom stereocenters. The van der Waals surface area contributed by atoms with Gasteiger partial charge in [-0.25, -0.2) is 0 Å². The first-order valence-corrected chi connectivity index (χ1v) is 15.3. The first-order valence-electron chi connectivity index (χ1n) is 15.3. The summed E-state index contributed by atoms with van der Waals surface area (Å²) in [6.07, 6.45) is 22.1. The number of benzene rings is 5. The lowest BCUT2D eigenvalue weighted by atomic mass is 9.70. The van der Waals surface area contributed by atoms with Crippen LogP contribution in [0.15, 0.2) is 150 Å². The Kier molecular flexibility index (Phi) is 5.52. The second-order valence-corrected chi connectivity index (χ2v) is 11.9. The van der Waals surface area contributed by atoms with Crippen LogP contribution in [-0.2, 0) is 0 Å². The van der Waals surface area contributed by atoms with Gasteiger partial charge in [-0.15, -0.1) is 0 Å². The van der Waals surface area contributed by atoms with Gasteiger partial charge < -0.3 is 4.42 Å². The summed E-state index contributed by atoms with van der Waals surface area (Å²) in [5, 5.41) is 5.01. The third kappa shape index (κ3) is 3.78. The third-order valence-electron chi connectivity index (χ3n) is 9.58. The maximum absolute atomic E-state index is 6.41. The van der Waals surface area contributed by atoms with Crippen LogP contribution in [0.3, 0.4) is 0 Å². The van der Waals surface area contributed by atoms with Crippen LogP contribution in [0, 0.1) is 5.92 Å². The van der Waals surface area contributed by atoms with Crippen molar-refractivity contribution < 1.29 is 4.42 Å². The summed E-state index contributed by atoms with van der Waals surface area (Å²) in [5.74, 6) is 0.957. The van der Waals surface area contributed by atoms with E-state index in [0.717, 1.165) is 17.6 Å². The standard InChI is InChI=1S/C42H30O/c1-2-12-29(13-3-1)40-35-17-7-6-16-34(35)39(37-26-25-27-11-4-5-14-31(27)41(37)40)30-23-21-28(22-24-30)32-18-10-19-36-33-15-8-9-20-38(33)43-42(32)36/h1-21,23-28,31H,22H2. The second-order valence-electron chi connectivity index (χ2n) is 11.9. The van der Waals surface area contributed by atoms with Gasteiger partial charge >= 0.3 is 0 Å². The molecule has 3 aliphatic carbocycles. The van der Waals surface area contributed by atoms with Crippen molar-refractivity contribution in [2.75, 3.05) is 0 Å². The first-order chi connectivity index (χ1) is 21.3. The van der Waals surface area contributed by atoms with Crippen LogP contribution >= 0.6 is 0 Å². The molecule has 9 rings (SSSR count). The first kappa shape index (κ1) is 24.5. The normalized spacial score (nSPS) is 20.5. The van der Waals surface area contributed by atoms with E-state index in [1.807, 2.05) is 6.07 Å². The maximum atomic E-state index is 6.41. The minimum Gasteiger partial charge on any atom is -0.456 e. The minimum absolute atomic E-state index is 0.269. The lowest BCUT2D eigenvalue weighted by molar-refractivity contribution is 0.657. The summed E-state index contributed by atoms with van der Waals surface area (Å²) in [7, 11) is 0. The van der Waals surface area contributed by atoms with E-state index in [0.29, 0.717) is 11.8 Å². The molecule has 0 radical (unpaired) electrons. The lowest BCUT2D eigenvalue weighted by Crippen LogP contribution is -2.16. The molecule has 43 heavy (non-hydrogen) atoms. The Morgan fingerprint density at radius 3 is 2.16 bits per heavy atom. The van der Waals surface area contributed by atoms with Crippen LogP contribution in [0.5, 0.6) is 0 Å². The van der Waals surface area contributed by atoms with E-state index < -0.39 is 0 Å². The summed E-state index contributed by atoms with van der Waals surface area (Å²) in [6, 6.07) is 34.9. The van der Waals surface area contributed by atoms with Crippen LogP contribution < -0.4 is 0 Å². The second kappa shape index (κ2) is 9.71. The van der Waals surface area contributed by atoms with Gasteiger partial charge in [0.15, 0.2) is 0 Å². The molecule has 1 heteroatoms. The number of allylic oxidation sites excluding steroid dienone is 9. The summed E-state index contributed by atoms with van der Waals surface area (Å²) in [6.45, 7) is 0. The fraction of sp³-hybridized carbons (Fsp3) is 0.0952. The number of rotatable bonds is 3. The van der Waals surface area contributed by atoms with Gasteiger partial charge in [-0.05, 0) is 56.6 Å². The summed E-state index contributed by atoms with van der Waals surface area (Å²) in [4.78, 5) is 0. The number of hydrogen-bond acceptors (Lipinski definition) is 1. The highest BCUT2D eigenvalue weighted by Crippen LogP contribution is 2.50. The molecule has 0 bridgehead atoms. The molecule has 0 aliphatic heterocycles. The molecule has 3 atom stereocenters. The monoisotopic (exact) mass is 550 g/mol. The van der Waals surface area contributed by atoms with E-state index in [1.54, 1.807) is 0 Å². The number of furan rings is 1. The zero-order chi connectivity index (χ0) is 28.3. The largest absolute Gasteiger partial charge is 0.456 e. The molecule has 0 N–H and O–H groups in total. The Labute approximate surface area is 251 Å². The number of hydrogen-bond donors (Lipinski definition) is 0. The van der Waals surface area contributed by atoms with Crippen molar-refractivity contribution in [3.63, 3.8) is 0 Å². The average Bonchev–Trinajstić information content (AvgIpc) is 3.47. The van der Waals surface area contributed by atoms with E-state index >= 15 is 0 Å². The minimum atomic E-state index is 0.269. The van der Waals surface area contributed by atoms with Gasteiger partial charge in [0.25, 0.3) is 0 Å². The highest BCUT2D eigenvalue weighted by Gasteiger charge is 2.31. The van der Waals surface area contributed by atoms with Crippen molar-refractivity contribution in [1.29, 1.82) is 0 Å². The fourth-order valence-electron chi connectivity index (χ4n) is 7.63. The van der Waals surface area contributed by atoms with E-state index in [1.165, 1.54) is 60.5 Å². The summed E-state index contributed by atoms with van der Waals surface area (Å²) < 4.78 is 6.41. The van der Waals surface area contributed by atoms with Crippen LogP contribution in [0.2, 0.25) is 0 Å². The molecule has 6 aromatic rings. The quantitative estimate of drug-likeness (QED) is 0.214. The topological polar surface area (TPSA) is 13.1 Å². The predicted molar refractivity (Wildman–Crippen MR) is 181 cm³/mol. The Morgan fingerprint density at radius 2 is 1.33 bits per heavy atom. The molecule has 5 aromatic carbocycles. The molecule has 1 heterocycles. The van der Waals surface area contributed by atoms with Crippen LogP contribution in [0.25, 0.3) is 55.5 Å². The number of para-hydroxylation sites is 2. The number of fused-ring (bicyclic) bond motifs is 7. The van der Waals surface area contributed by atoms with Gasteiger partial charge in [-0.1, -0.05) is 146 Å². The molecule has 1 aromatic heterocycles. The van der Waals surface area contributed by atoms with Gasteiger partial charge in [-0.2, -0.15) is 0 Å². The summed E-state index contributed by atoms with van der Waals surface area (Å²) in [5.41, 5.74) is 11.3. The third-order valence-corrected chi connectivity index (χ3v) is 9.58. The van der Waals surface area contributed by atoms with E-state index in [2.05, 4.69) is 146 Å². The van der Waals surface area contributed by atoms with Gasteiger partial charge in [0.1, 0.15) is 11.2 Å². The Balaban J connectivity index is 1.22. The van der Waals surface area contributed by atoms with Gasteiger partial charge in [0.2, 0.25) is 0 Å². The van der Waals surface area contributed by atoms with Crippen molar-refractivity contribution in [3.8, 4) is 11.1 Å². The smallest absolute Gasteiger partial charge is 0.139 e. The molecule has 1 nitrogen and oxygen atoms in total. The Morgan fingerprint density at radius 1 is 0.581 bits per heavy atom. The molecule has 0 spiro atoms. The van der Waals surface area contributed by atoms with E-state index in [4.69, 9.17) is 4.42 Å². The molecule has 3 aliphatic rings. The summed E-state index contributed by atoms with van der Waals surface area (Å²) >= 11 is 0. The molecule has 0 saturated heterocycles. The van der Waals surface area contributed by atoms with Crippen LogP contribution in [-0.4, -0.2) is 0 Å². The van der Waals surface area contributed by atoms with Crippen LogP contribution in [0.1, 0.15) is 40.5 Å². The maximum Gasteiger partial charge on any atom is 0.139 e. The van der Waals surface area contributed by atoms with Crippen molar-refractivity contribution in [2.45, 2.75) is 18.3 Å². The van der Waals surface area contributed by atoms with Gasteiger partial charge in [0, 0.05) is 34.1 Å². The Bertz CT molecular complexity index is 2220. The Hall–Kier alpha value is -5.14. The van der Waals surface area contributed by atoms with Crippen LogP contribution in [0.4, 0.5) is 0 Å². The van der Waals surface area contributed by atoms with E-state index in [9.17, 15) is 0 Å². The van der Waals surface area contributed by atoms with Crippen molar-refractivity contribution in [2.24, 2.45) is 5.92 Å². The highest BCUT2D eigenvalue weighted by molar-refractivity contribution is 6.09. The lowest BCUT2D eigenvalue weighted by Gasteiger charge is -2.33. The van der Waals surface area contributed by atoms with E-state index in [-0.39, 0.29) is 5.92 Å². The SMILES string of the molecule is C1=CC2C=Cc3c(c(-c4ccccc4)c4ccccc4c3C3=CCC(c4cccc5c4oc4ccccc45)C=C3)C2C=C1. The average molecular weight is 551 g/mol. The van der Waals surface area contributed by atoms with Crippen molar-refractivity contribution in [3.05, 3.63) is 168 Å². The van der Waals surface area contributed by atoms with Crippen molar-refractivity contribution in [1.82, 2.24) is 0 Å². The molecule has 0 amide bonds. The molecule has 204 valence electrons. The predicted octanol–water partition coefficient (Wildman–Crippen LogP) is 11.4. The zero-order valence-corrected chi connectivity index (χ0v) is 23.8. The zero-order valence-electron chi connectivity index (χ0n) is 23.8.